The van der Waals surface area contributed by atoms with Crippen molar-refractivity contribution in [3.05, 3.63) is 79.2 Å². The van der Waals surface area contributed by atoms with Crippen LogP contribution in [0.5, 0.6) is 0 Å². The highest BCUT2D eigenvalue weighted by Crippen LogP contribution is 2.28. The Labute approximate surface area is 166 Å². The molecule has 0 spiro atoms. The molecule has 4 N–H and O–H groups in total. The van der Waals surface area contributed by atoms with Gasteiger partial charge in [-0.05, 0) is 24.3 Å². The molecular formula is C20H11ClN4O4. The molecule has 9 heteroatoms. The molecule has 0 aliphatic carbocycles. The molecule has 8 nitrogen and oxygen atoms in total. The van der Waals surface area contributed by atoms with Crippen molar-refractivity contribution in [2.75, 3.05) is 5.73 Å². The van der Waals surface area contributed by atoms with Crippen molar-refractivity contribution in [1.29, 1.82) is 0 Å². The number of imide groups is 1. The van der Waals surface area contributed by atoms with Gasteiger partial charge in [0.05, 0.1) is 32.9 Å². The Bertz CT molecular complexity index is 1530. The summed E-state index contributed by atoms with van der Waals surface area (Å²) in [5.74, 6) is -1.55. The Hall–Kier alpha value is -3.91. The van der Waals surface area contributed by atoms with Crippen LogP contribution >= 0.6 is 11.6 Å². The maximum Gasteiger partial charge on any atom is 0.262 e. The van der Waals surface area contributed by atoms with E-state index in [1.54, 1.807) is 36.4 Å². The van der Waals surface area contributed by atoms with E-state index in [9.17, 15) is 19.2 Å². The first-order valence-corrected chi connectivity index (χ1v) is 8.91. The molecular weight excluding hydrogens is 396 g/mol. The second-order valence-electron chi connectivity index (χ2n) is 6.59. The molecule has 3 heterocycles. The Morgan fingerprint density at radius 3 is 2.34 bits per heavy atom. The number of para-hydroxylation sites is 2. The summed E-state index contributed by atoms with van der Waals surface area (Å²) in [5.41, 5.74) is 6.11. The van der Waals surface area contributed by atoms with Gasteiger partial charge in [0.2, 0.25) is 0 Å². The normalized spacial score (nSPS) is 13.1. The minimum absolute atomic E-state index is 0.0732. The van der Waals surface area contributed by atoms with E-state index in [-0.39, 0.29) is 28.1 Å². The van der Waals surface area contributed by atoms with Gasteiger partial charge in [-0.15, -0.1) is 0 Å². The number of H-pyrrole nitrogens is 1. The number of aromatic amines is 1. The maximum atomic E-state index is 13.0. The highest BCUT2D eigenvalue weighted by molar-refractivity contribution is 6.35. The van der Waals surface area contributed by atoms with Crippen molar-refractivity contribution < 1.29 is 9.59 Å². The number of hydrogen-bond acceptors (Lipinski definition) is 5. The number of hydrogen-bond donors (Lipinski definition) is 3. The van der Waals surface area contributed by atoms with Crippen LogP contribution in [0, 0.1) is 0 Å². The van der Waals surface area contributed by atoms with Crippen molar-refractivity contribution in [1.82, 2.24) is 14.9 Å². The van der Waals surface area contributed by atoms with Crippen LogP contribution in [0.4, 0.5) is 5.82 Å². The Kier molecular flexibility index (Phi) is 3.44. The molecule has 4 aromatic rings. The van der Waals surface area contributed by atoms with Crippen LogP contribution in [0.1, 0.15) is 20.7 Å². The van der Waals surface area contributed by atoms with Gasteiger partial charge in [0.1, 0.15) is 5.82 Å². The molecule has 0 unspecified atom stereocenters. The van der Waals surface area contributed by atoms with Gasteiger partial charge in [-0.25, -0.2) is 0 Å². The number of nitrogens with zero attached hydrogens (tertiary/aromatic N) is 1. The highest BCUT2D eigenvalue weighted by atomic mass is 35.5. The topological polar surface area (TPSA) is 127 Å². The first kappa shape index (κ1) is 17.2. The first-order chi connectivity index (χ1) is 13.9. The van der Waals surface area contributed by atoms with E-state index >= 15 is 0 Å². The molecule has 2 aromatic carbocycles. The van der Waals surface area contributed by atoms with E-state index < -0.39 is 17.4 Å². The summed E-state index contributed by atoms with van der Waals surface area (Å²) in [4.78, 5) is 52.9. The molecule has 1 aliphatic rings. The van der Waals surface area contributed by atoms with Gasteiger partial charge in [0.25, 0.3) is 17.4 Å². The second-order valence-corrected chi connectivity index (χ2v) is 7.00. The lowest BCUT2D eigenvalue weighted by atomic mass is 10.1. The number of nitrogen functional groups attached to an aromatic ring is 1. The van der Waals surface area contributed by atoms with Crippen molar-refractivity contribution in [2.45, 2.75) is 0 Å². The molecule has 0 fully saturated rings. The number of nitrogens with two attached hydrogens (primary N) is 1. The van der Waals surface area contributed by atoms with Crippen molar-refractivity contribution in [3.63, 3.8) is 0 Å². The van der Waals surface area contributed by atoms with Gasteiger partial charge in [-0.2, -0.15) is 0 Å². The molecule has 0 atom stereocenters. The lowest BCUT2D eigenvalue weighted by Crippen LogP contribution is -2.24. The minimum Gasteiger partial charge on any atom is -0.384 e. The number of benzene rings is 2. The quantitative estimate of drug-likeness (QED) is 0.329. The van der Waals surface area contributed by atoms with Crippen molar-refractivity contribution >= 4 is 51.0 Å². The highest BCUT2D eigenvalue weighted by Gasteiger charge is 2.32. The van der Waals surface area contributed by atoms with Crippen LogP contribution in [0.25, 0.3) is 27.5 Å². The van der Waals surface area contributed by atoms with Gasteiger partial charge in [0, 0.05) is 16.8 Å². The summed E-state index contributed by atoms with van der Waals surface area (Å²) in [6.45, 7) is 0. The fourth-order valence-electron chi connectivity index (χ4n) is 3.69. The maximum absolute atomic E-state index is 13.0. The van der Waals surface area contributed by atoms with Crippen LogP contribution in [0.2, 0.25) is 5.02 Å². The molecule has 1 aliphatic heterocycles. The van der Waals surface area contributed by atoms with E-state index in [1.807, 2.05) is 0 Å². The minimum atomic E-state index is -0.682. The Morgan fingerprint density at radius 2 is 1.59 bits per heavy atom. The van der Waals surface area contributed by atoms with Gasteiger partial charge in [-0.3, -0.25) is 29.1 Å². The number of fused-ring (bicyclic) bond motifs is 3. The molecule has 2 amide bonds. The number of carbonyl (C=O) groups excluding carboxylic acids is 2. The summed E-state index contributed by atoms with van der Waals surface area (Å²) in [6.07, 6.45) is 0. The number of nitrogens with one attached hydrogen (secondary N) is 2. The fourth-order valence-corrected chi connectivity index (χ4v) is 3.91. The third kappa shape index (κ3) is 2.26. The summed E-state index contributed by atoms with van der Waals surface area (Å²) < 4.78 is 1.10. The molecule has 0 saturated carbocycles. The monoisotopic (exact) mass is 406 g/mol. The van der Waals surface area contributed by atoms with Gasteiger partial charge in [0.15, 0.2) is 5.43 Å². The number of pyridine rings is 2. The molecule has 0 saturated heterocycles. The molecule has 0 bridgehead atoms. The average Bonchev–Trinajstić information content (AvgIpc) is 2.97. The summed E-state index contributed by atoms with van der Waals surface area (Å²) in [7, 11) is 0. The zero-order chi connectivity index (χ0) is 20.4. The predicted octanol–water partition coefficient (Wildman–Crippen LogP) is 1.95. The third-order valence-corrected chi connectivity index (χ3v) is 5.30. The van der Waals surface area contributed by atoms with Crippen molar-refractivity contribution in [3.8, 4) is 5.69 Å². The SMILES string of the molecule is Nc1c2c(cc(=O)n1-c1cccc3c(=O)c4cccc(Cl)c4[nH]c13)C(=O)NC2=O. The number of amides is 2. The van der Waals surface area contributed by atoms with Gasteiger partial charge in [-0.1, -0.05) is 23.7 Å². The zero-order valence-corrected chi connectivity index (χ0v) is 15.3. The lowest BCUT2D eigenvalue weighted by Gasteiger charge is -2.14. The molecule has 0 radical (unpaired) electrons. The average molecular weight is 407 g/mol. The van der Waals surface area contributed by atoms with E-state index in [1.165, 1.54) is 0 Å². The second kappa shape index (κ2) is 5.79. The standard InChI is InChI=1S/C20H11ClN4O4/c21-11-5-1-3-8-15(11)23-16-9(17(8)27)4-2-6-12(16)25-13(26)7-10-14(18(25)22)20(29)24-19(10)28/h1-7H,22H2,(H,23,27)(H,24,28,29). The lowest BCUT2D eigenvalue weighted by molar-refractivity contribution is 0.0880. The Balaban J connectivity index is 1.94. The number of halogens is 1. The van der Waals surface area contributed by atoms with Gasteiger partial charge < -0.3 is 10.7 Å². The largest absolute Gasteiger partial charge is 0.384 e. The van der Waals surface area contributed by atoms with E-state index in [0.29, 0.717) is 26.8 Å². The van der Waals surface area contributed by atoms with E-state index in [0.717, 1.165) is 10.6 Å². The smallest absolute Gasteiger partial charge is 0.262 e. The van der Waals surface area contributed by atoms with Crippen LogP contribution < -0.4 is 22.0 Å². The predicted molar refractivity (Wildman–Crippen MR) is 109 cm³/mol. The summed E-state index contributed by atoms with van der Waals surface area (Å²) in [5, 5.41) is 3.19. The number of carbonyl (C=O) groups is 2. The molecule has 2 aromatic heterocycles. The Morgan fingerprint density at radius 1 is 0.897 bits per heavy atom. The summed E-state index contributed by atoms with van der Waals surface area (Å²) >= 11 is 6.25. The van der Waals surface area contributed by atoms with Crippen molar-refractivity contribution in [2.24, 2.45) is 0 Å². The molecule has 29 heavy (non-hydrogen) atoms. The molecule has 5 rings (SSSR count). The van der Waals surface area contributed by atoms with Gasteiger partial charge >= 0.3 is 0 Å². The number of rotatable bonds is 1. The van der Waals surface area contributed by atoms with Crippen LogP contribution in [-0.2, 0) is 0 Å². The van der Waals surface area contributed by atoms with Crippen LogP contribution in [-0.4, -0.2) is 21.4 Å². The summed E-state index contributed by atoms with van der Waals surface area (Å²) in [6, 6.07) is 10.8. The fraction of sp³-hybridized carbons (Fsp3) is 0. The third-order valence-electron chi connectivity index (χ3n) is 4.99. The van der Waals surface area contributed by atoms with Crippen LogP contribution in [0.15, 0.2) is 52.1 Å². The van der Waals surface area contributed by atoms with E-state index in [2.05, 4.69) is 10.3 Å². The van der Waals surface area contributed by atoms with Crippen LogP contribution in [0.3, 0.4) is 0 Å². The number of aromatic nitrogens is 2. The van der Waals surface area contributed by atoms with E-state index in [4.69, 9.17) is 17.3 Å². The number of anilines is 1. The molecule has 142 valence electrons. The zero-order valence-electron chi connectivity index (χ0n) is 14.6. The first-order valence-electron chi connectivity index (χ1n) is 8.53.